The Kier molecular flexibility index (Phi) is 5.56. The summed E-state index contributed by atoms with van der Waals surface area (Å²) in [6.45, 7) is 1.70. The second kappa shape index (κ2) is 8.42. The number of piperidine rings is 1. The molecule has 2 aromatic carbocycles. The van der Waals surface area contributed by atoms with Crippen molar-refractivity contribution in [3.8, 4) is 5.75 Å². The largest absolute Gasteiger partial charge is 0.497 e. The molecule has 0 bridgehead atoms. The number of benzene rings is 2. The molecule has 0 unspecified atom stereocenters. The van der Waals surface area contributed by atoms with Gasteiger partial charge in [0, 0.05) is 30.2 Å². The van der Waals surface area contributed by atoms with E-state index in [2.05, 4.69) is 17.1 Å². The maximum Gasteiger partial charge on any atom is 0.253 e. The third-order valence-electron chi connectivity index (χ3n) is 5.78. The van der Waals surface area contributed by atoms with Gasteiger partial charge in [-0.2, -0.15) is 0 Å². The molecule has 4 nitrogen and oxygen atoms in total. The van der Waals surface area contributed by atoms with Gasteiger partial charge >= 0.3 is 0 Å². The van der Waals surface area contributed by atoms with Crippen molar-refractivity contribution < 1.29 is 9.53 Å². The number of fused-ring (bicyclic) bond motifs is 1. The van der Waals surface area contributed by atoms with Crippen LogP contribution in [0, 0.1) is 5.92 Å². The van der Waals surface area contributed by atoms with E-state index in [4.69, 9.17) is 4.74 Å². The fraction of sp³-hybridized carbons (Fsp3) is 0.333. The van der Waals surface area contributed by atoms with Crippen molar-refractivity contribution in [3.05, 3.63) is 71.9 Å². The van der Waals surface area contributed by atoms with Crippen LogP contribution < -0.4 is 4.74 Å². The molecule has 0 saturated carbocycles. The van der Waals surface area contributed by atoms with Crippen LogP contribution in [-0.4, -0.2) is 36.0 Å². The van der Waals surface area contributed by atoms with Crippen LogP contribution in [0.15, 0.2) is 60.8 Å². The van der Waals surface area contributed by atoms with Crippen molar-refractivity contribution >= 4 is 16.8 Å². The van der Waals surface area contributed by atoms with Gasteiger partial charge in [0.2, 0.25) is 0 Å². The van der Waals surface area contributed by atoms with Gasteiger partial charge in [0.1, 0.15) is 5.75 Å². The van der Waals surface area contributed by atoms with Gasteiger partial charge in [-0.05, 0) is 73.6 Å². The topological polar surface area (TPSA) is 42.4 Å². The average Bonchev–Trinajstić information content (AvgIpc) is 2.77. The fourth-order valence-electron chi connectivity index (χ4n) is 4.07. The molecule has 1 aromatic heterocycles. The highest BCUT2D eigenvalue weighted by Gasteiger charge is 2.23. The molecule has 0 atom stereocenters. The summed E-state index contributed by atoms with van der Waals surface area (Å²) in [6.07, 6.45) is 6.22. The van der Waals surface area contributed by atoms with Crippen molar-refractivity contribution in [2.45, 2.75) is 25.7 Å². The first-order valence-corrected chi connectivity index (χ1v) is 10.0. The van der Waals surface area contributed by atoms with Gasteiger partial charge < -0.3 is 9.64 Å². The summed E-state index contributed by atoms with van der Waals surface area (Å²) in [4.78, 5) is 19.1. The molecule has 0 N–H and O–H groups in total. The zero-order valence-corrected chi connectivity index (χ0v) is 16.3. The van der Waals surface area contributed by atoms with Crippen molar-refractivity contribution in [1.82, 2.24) is 9.88 Å². The van der Waals surface area contributed by atoms with Gasteiger partial charge in [-0.3, -0.25) is 9.78 Å². The average molecular weight is 374 g/mol. The van der Waals surface area contributed by atoms with E-state index in [9.17, 15) is 4.79 Å². The molecular weight excluding hydrogens is 348 g/mol. The lowest BCUT2D eigenvalue weighted by Crippen LogP contribution is -2.38. The van der Waals surface area contributed by atoms with Crippen molar-refractivity contribution in [2.24, 2.45) is 5.92 Å². The molecular formula is C24H26N2O2. The third kappa shape index (κ3) is 4.01. The van der Waals surface area contributed by atoms with E-state index in [1.54, 1.807) is 7.11 Å². The number of methoxy groups -OCH3 is 1. The van der Waals surface area contributed by atoms with Crippen LogP contribution in [0.5, 0.6) is 5.75 Å². The summed E-state index contributed by atoms with van der Waals surface area (Å²) < 4.78 is 5.38. The Morgan fingerprint density at radius 3 is 2.64 bits per heavy atom. The molecule has 0 spiro atoms. The minimum atomic E-state index is 0.159. The normalized spacial score (nSPS) is 15.0. The predicted molar refractivity (Wildman–Crippen MR) is 112 cm³/mol. The minimum absolute atomic E-state index is 0.159. The standard InChI is InChI=1S/C24H26N2O2/c1-28-21-9-10-23-22(17-21)19(11-14-25-23)8-7-18-12-15-26(16-13-18)24(27)20-5-3-2-4-6-20/h2-6,9-11,14,17-18H,7-8,12-13,15-16H2,1H3. The van der Waals surface area contributed by atoms with E-state index < -0.39 is 0 Å². The SMILES string of the molecule is COc1ccc2nccc(CCC3CCN(C(=O)c4ccccc4)CC3)c2c1. The van der Waals surface area contributed by atoms with Crippen LogP contribution in [0.4, 0.5) is 0 Å². The quantitative estimate of drug-likeness (QED) is 0.648. The number of aromatic nitrogens is 1. The highest BCUT2D eigenvalue weighted by atomic mass is 16.5. The van der Waals surface area contributed by atoms with E-state index in [1.165, 1.54) is 10.9 Å². The summed E-state index contributed by atoms with van der Waals surface area (Å²) in [5.74, 6) is 1.69. The summed E-state index contributed by atoms with van der Waals surface area (Å²) in [7, 11) is 1.70. The van der Waals surface area contributed by atoms with Crippen molar-refractivity contribution in [2.75, 3.05) is 20.2 Å². The maximum atomic E-state index is 12.6. The highest BCUT2D eigenvalue weighted by molar-refractivity contribution is 5.94. The Bertz CT molecular complexity index is 947. The number of ether oxygens (including phenoxy) is 1. The number of aryl methyl sites for hydroxylation is 1. The number of hydrogen-bond donors (Lipinski definition) is 0. The number of pyridine rings is 1. The number of nitrogens with zero attached hydrogens (tertiary/aromatic N) is 2. The van der Waals surface area contributed by atoms with Crippen molar-refractivity contribution in [1.29, 1.82) is 0 Å². The van der Waals surface area contributed by atoms with E-state index in [0.717, 1.165) is 55.6 Å². The molecule has 0 aliphatic carbocycles. The lowest BCUT2D eigenvalue weighted by atomic mass is 9.89. The Hall–Kier alpha value is -2.88. The Balaban J connectivity index is 1.36. The monoisotopic (exact) mass is 374 g/mol. The first-order valence-electron chi connectivity index (χ1n) is 10.0. The van der Waals surface area contributed by atoms with Crippen LogP contribution in [0.1, 0.15) is 35.2 Å². The smallest absolute Gasteiger partial charge is 0.253 e. The van der Waals surface area contributed by atoms with E-state index in [0.29, 0.717) is 5.92 Å². The van der Waals surface area contributed by atoms with Gasteiger partial charge in [0.15, 0.2) is 0 Å². The fourth-order valence-corrected chi connectivity index (χ4v) is 4.07. The number of carbonyl (C=O) groups is 1. The Morgan fingerprint density at radius 1 is 1.11 bits per heavy atom. The predicted octanol–water partition coefficient (Wildman–Crippen LogP) is 4.73. The number of likely N-dealkylation sites (tertiary alicyclic amines) is 1. The molecule has 28 heavy (non-hydrogen) atoms. The summed E-state index contributed by atoms with van der Waals surface area (Å²) in [6, 6.07) is 17.8. The van der Waals surface area contributed by atoms with Gasteiger partial charge in [0.25, 0.3) is 5.91 Å². The number of amides is 1. The zero-order valence-electron chi connectivity index (χ0n) is 16.3. The molecule has 1 fully saturated rings. The second-order valence-electron chi connectivity index (χ2n) is 7.49. The molecule has 4 heteroatoms. The molecule has 1 aliphatic rings. The van der Waals surface area contributed by atoms with E-state index >= 15 is 0 Å². The van der Waals surface area contributed by atoms with E-state index in [1.807, 2.05) is 53.6 Å². The molecule has 144 valence electrons. The number of carbonyl (C=O) groups excluding carboxylic acids is 1. The van der Waals surface area contributed by atoms with Gasteiger partial charge in [-0.15, -0.1) is 0 Å². The molecule has 2 heterocycles. The molecule has 1 saturated heterocycles. The van der Waals surface area contributed by atoms with Crippen LogP contribution in [0.3, 0.4) is 0 Å². The van der Waals surface area contributed by atoms with Crippen LogP contribution in [0.2, 0.25) is 0 Å². The Morgan fingerprint density at radius 2 is 1.89 bits per heavy atom. The van der Waals surface area contributed by atoms with Crippen molar-refractivity contribution in [3.63, 3.8) is 0 Å². The first kappa shape index (κ1) is 18.5. The van der Waals surface area contributed by atoms with Gasteiger partial charge in [0.05, 0.1) is 12.6 Å². The van der Waals surface area contributed by atoms with Crippen LogP contribution in [0.25, 0.3) is 10.9 Å². The van der Waals surface area contributed by atoms with Crippen LogP contribution >= 0.6 is 0 Å². The molecule has 4 rings (SSSR count). The lowest BCUT2D eigenvalue weighted by molar-refractivity contribution is 0.0687. The zero-order chi connectivity index (χ0) is 19.3. The maximum absolute atomic E-state index is 12.6. The van der Waals surface area contributed by atoms with E-state index in [-0.39, 0.29) is 5.91 Å². The van der Waals surface area contributed by atoms with Gasteiger partial charge in [-0.1, -0.05) is 18.2 Å². The number of rotatable bonds is 5. The molecule has 3 aromatic rings. The lowest BCUT2D eigenvalue weighted by Gasteiger charge is -2.32. The first-order chi connectivity index (χ1) is 13.7. The highest BCUT2D eigenvalue weighted by Crippen LogP contribution is 2.27. The summed E-state index contributed by atoms with van der Waals surface area (Å²) in [5.41, 5.74) is 3.13. The third-order valence-corrected chi connectivity index (χ3v) is 5.78. The summed E-state index contributed by atoms with van der Waals surface area (Å²) >= 11 is 0. The molecule has 0 radical (unpaired) electrons. The second-order valence-corrected chi connectivity index (χ2v) is 7.49. The number of hydrogen-bond acceptors (Lipinski definition) is 3. The molecule has 1 amide bonds. The molecule has 1 aliphatic heterocycles. The minimum Gasteiger partial charge on any atom is -0.497 e. The summed E-state index contributed by atoms with van der Waals surface area (Å²) in [5, 5.41) is 1.18. The Labute approximate surface area is 166 Å². The van der Waals surface area contributed by atoms with Gasteiger partial charge in [-0.25, -0.2) is 0 Å². The van der Waals surface area contributed by atoms with Crippen LogP contribution in [-0.2, 0) is 6.42 Å².